The van der Waals surface area contributed by atoms with Gasteiger partial charge in [-0.1, -0.05) is 87.5 Å². The summed E-state index contributed by atoms with van der Waals surface area (Å²) in [6, 6.07) is 10.1. The van der Waals surface area contributed by atoms with Crippen LogP contribution in [0.1, 0.15) is 128 Å². The summed E-state index contributed by atoms with van der Waals surface area (Å²) < 4.78 is 36.6. The van der Waals surface area contributed by atoms with Gasteiger partial charge in [0, 0.05) is 49.7 Å². The van der Waals surface area contributed by atoms with E-state index in [0.29, 0.717) is 36.3 Å². The van der Waals surface area contributed by atoms with Gasteiger partial charge in [-0.2, -0.15) is 0 Å². The second kappa shape index (κ2) is 42.5. The first-order chi connectivity index (χ1) is 54.7. The van der Waals surface area contributed by atoms with E-state index in [-0.39, 0.29) is 44.6 Å². The minimum atomic E-state index is -2.68. The fraction of sp³-hybridized carbons (Fsp3) is 0.481. The number of likely N-dealkylation sites (tertiary alicyclic amines) is 1. The molecule has 0 bridgehead atoms. The number of benzene rings is 4. The van der Waals surface area contributed by atoms with Gasteiger partial charge < -0.3 is 105 Å². The largest absolute Gasteiger partial charge is 0.497 e. The van der Waals surface area contributed by atoms with Crippen molar-refractivity contribution in [1.82, 2.24) is 68.0 Å². The van der Waals surface area contributed by atoms with Crippen molar-refractivity contribution in [3.63, 3.8) is 0 Å². The summed E-state index contributed by atoms with van der Waals surface area (Å²) in [5.41, 5.74) is 15.0. The molecule has 0 saturated carbocycles. The third-order valence-electron chi connectivity index (χ3n) is 20.1. The summed E-state index contributed by atoms with van der Waals surface area (Å²) in [7, 11) is 1.54. The van der Waals surface area contributed by atoms with Crippen molar-refractivity contribution in [2.45, 2.75) is 210 Å². The summed E-state index contributed by atoms with van der Waals surface area (Å²) in [5, 5.41) is 66.2. The molecule has 0 radical (unpaired) electrons. The van der Waals surface area contributed by atoms with Crippen molar-refractivity contribution in [2.24, 2.45) is 23.1 Å². The standard InChI is InChI=1S/C79H106F2N16O19/c1-10-47-34-50(116-9)26-27-51(47)48-24-22-46(23-25-48)33-56(69(108)95-77(6,74(84)113)30-15-19-45-17-12-11-13-18-45)88-67(106)57(36-62(103)104)89-68(107)59(40-98)91-71(110)64(43(4)99)94-75(114)78(7,37-52-53(80)20-14-21-54(52)81)96-72(111)65(44(5)100)93-61(102)39-86-66(105)55(28-29-60(82)101)92-76(115)79(8)31-16-32-97(79)73(112)58(35-49-38-85-41-87-49)90-70(109)63(83)42(2)3/h11-14,17-18,20-27,34,38,41-44,55-59,63-65,98-100H,10,15-16,19,28-33,35-37,39-40,83H2,1-9H3,(H2,82,101)(H2,84,113)(H,85,87)(H,86,105)(H,88,106)(H,89,107)(H,90,109)(H,91,110)(H,92,115)(H,93,102)(H,94,114)(H,95,108)(H,96,111)(H,103,104)/t43-,44-,55+,56+,57+,58+,59+,63+,64?,65+,77?,78?,79+/m1/s1. The number of carboxylic acids is 1. The van der Waals surface area contributed by atoms with Crippen molar-refractivity contribution in [2.75, 3.05) is 26.8 Å². The molecule has 5 aromatic rings. The van der Waals surface area contributed by atoms with Crippen LogP contribution in [0.5, 0.6) is 5.75 Å². The third-order valence-corrected chi connectivity index (χ3v) is 20.1. The first kappa shape index (κ1) is 93.0. The maximum absolute atomic E-state index is 15.6. The lowest BCUT2D eigenvalue weighted by atomic mass is 9.89. The van der Waals surface area contributed by atoms with Gasteiger partial charge in [0.2, 0.25) is 76.8 Å². The van der Waals surface area contributed by atoms with Crippen LogP contribution in [0, 0.1) is 17.6 Å². The molecule has 35 nitrogen and oxygen atoms in total. The molecule has 6 rings (SSSR count). The Bertz CT molecular complexity index is 4310. The number of carbonyl (C=O) groups is 14. The number of hydrogen-bond donors (Lipinski definition) is 18. The number of amides is 13. The highest BCUT2D eigenvalue weighted by molar-refractivity contribution is 6.02. The van der Waals surface area contributed by atoms with Crippen LogP contribution in [-0.4, -0.2) is 222 Å². The SMILES string of the molecule is CCc1cc(OC)ccc1-c1ccc(C[C@H](NC(=O)[C@H](CC(=O)O)NC(=O)[C@H](CO)NC(=O)C(NC(=O)C(C)(Cc2c(F)cccc2F)NC(=O)[C@@H](NC(=O)CNC(=O)[C@H](CCC(N)=O)NC(=O)[C@]2(C)CCCN2C(=O)[C@H](Cc2cnc[nH]2)NC(=O)[C@@H](N)C(C)C)[C@@H](C)O)[C@@H](C)O)C(=O)NC(C)(CCCc2ccccc2)C(N)=O)cc1. The molecule has 13 atom stereocenters. The van der Waals surface area contributed by atoms with E-state index in [2.05, 4.69) is 63.1 Å². The molecule has 0 aliphatic carbocycles. The van der Waals surface area contributed by atoms with Crippen LogP contribution in [0.15, 0.2) is 104 Å². The summed E-state index contributed by atoms with van der Waals surface area (Å²) in [5.74, 6) is -18.4. The average Bonchev–Trinajstić information content (AvgIpc) is 1.48. The lowest BCUT2D eigenvalue weighted by Crippen LogP contribution is -2.67. The van der Waals surface area contributed by atoms with Crippen LogP contribution in [0.2, 0.25) is 0 Å². The predicted molar refractivity (Wildman–Crippen MR) is 415 cm³/mol. The monoisotopic (exact) mass is 1620 g/mol. The molecule has 1 aliphatic rings. The first-order valence-corrected chi connectivity index (χ1v) is 37.8. The Labute approximate surface area is 668 Å². The number of nitrogens with two attached hydrogens (primary N) is 3. The van der Waals surface area contributed by atoms with Gasteiger partial charge >= 0.3 is 5.97 Å². The van der Waals surface area contributed by atoms with Gasteiger partial charge in [-0.05, 0) is 138 Å². The zero-order valence-corrected chi connectivity index (χ0v) is 66.1. The molecule has 13 amide bonds. The number of rotatable bonds is 44. The van der Waals surface area contributed by atoms with E-state index in [1.165, 1.54) is 31.3 Å². The Morgan fingerprint density at radius 1 is 0.681 bits per heavy atom. The fourth-order valence-corrected chi connectivity index (χ4v) is 13.0. The van der Waals surface area contributed by atoms with E-state index in [4.69, 9.17) is 21.9 Å². The Morgan fingerprint density at radius 3 is 1.87 bits per heavy atom. The normalized spacial score (nSPS) is 16.8. The van der Waals surface area contributed by atoms with E-state index >= 15 is 8.78 Å². The van der Waals surface area contributed by atoms with Gasteiger partial charge in [-0.3, -0.25) is 67.1 Å². The van der Waals surface area contributed by atoms with Gasteiger partial charge in [0.05, 0.1) is 51.3 Å². The van der Waals surface area contributed by atoms with Crippen LogP contribution in [-0.2, 0) is 99.2 Å². The van der Waals surface area contributed by atoms with Gasteiger partial charge in [0.1, 0.15) is 76.3 Å². The summed E-state index contributed by atoms with van der Waals surface area (Å²) in [6.07, 6.45) is -2.90. The molecule has 1 aromatic heterocycles. The van der Waals surface area contributed by atoms with Crippen molar-refractivity contribution < 1.29 is 101 Å². The number of hydrogen-bond acceptors (Lipinski definition) is 20. The molecule has 1 aliphatic heterocycles. The molecule has 116 heavy (non-hydrogen) atoms. The number of H-pyrrole nitrogens is 1. The number of imidazole rings is 1. The maximum Gasteiger partial charge on any atom is 0.305 e. The summed E-state index contributed by atoms with van der Waals surface area (Å²) in [6.45, 7) is 8.70. The lowest BCUT2D eigenvalue weighted by molar-refractivity contribution is -0.147. The molecule has 4 aromatic carbocycles. The zero-order chi connectivity index (χ0) is 86.1. The highest BCUT2D eigenvalue weighted by atomic mass is 19.1. The number of methoxy groups -OCH3 is 1. The molecule has 0 spiro atoms. The Balaban J connectivity index is 1.18. The molecular formula is C79H106F2N16O19. The number of aliphatic hydroxyl groups is 3. The van der Waals surface area contributed by atoms with Crippen molar-refractivity contribution in [3.05, 3.63) is 143 Å². The number of primary amides is 2. The molecule has 1 saturated heterocycles. The number of nitrogens with one attached hydrogen (secondary N) is 11. The van der Waals surface area contributed by atoms with Crippen LogP contribution < -0.4 is 75.1 Å². The molecule has 21 N–H and O–H groups in total. The summed E-state index contributed by atoms with van der Waals surface area (Å²) in [4.78, 5) is 202. The zero-order valence-electron chi connectivity index (χ0n) is 66.1. The second-order valence-electron chi connectivity index (χ2n) is 29.7. The number of ether oxygens (including phenoxy) is 1. The fourth-order valence-electron chi connectivity index (χ4n) is 13.0. The third kappa shape index (κ3) is 25.8. The Morgan fingerprint density at radius 2 is 1.29 bits per heavy atom. The van der Waals surface area contributed by atoms with E-state index < -0.39 is 216 Å². The van der Waals surface area contributed by atoms with E-state index in [1.807, 2.05) is 49.4 Å². The van der Waals surface area contributed by atoms with E-state index in [1.54, 1.807) is 51.3 Å². The van der Waals surface area contributed by atoms with Crippen LogP contribution in [0.4, 0.5) is 8.78 Å². The van der Waals surface area contributed by atoms with Gasteiger partial charge in [-0.15, -0.1) is 0 Å². The topological polar surface area (TPSA) is 559 Å². The minimum Gasteiger partial charge on any atom is -0.497 e. The number of aliphatic carboxylic acids is 1. The number of carbonyl (C=O) groups excluding carboxylic acids is 13. The van der Waals surface area contributed by atoms with Crippen molar-refractivity contribution >= 4 is 82.8 Å². The van der Waals surface area contributed by atoms with Crippen molar-refractivity contribution in [1.29, 1.82) is 0 Å². The molecule has 1 fully saturated rings. The number of nitrogens with zero attached hydrogens (tertiary/aromatic N) is 2. The number of aromatic nitrogens is 2. The smallest absolute Gasteiger partial charge is 0.305 e. The first-order valence-electron chi connectivity index (χ1n) is 37.8. The maximum atomic E-state index is 15.6. The molecule has 3 unspecified atom stereocenters. The molecule has 630 valence electrons. The van der Waals surface area contributed by atoms with Crippen LogP contribution in [0.3, 0.4) is 0 Å². The second-order valence-corrected chi connectivity index (χ2v) is 29.7. The van der Waals surface area contributed by atoms with Crippen molar-refractivity contribution in [3.8, 4) is 16.9 Å². The lowest BCUT2D eigenvalue weighted by Gasteiger charge is -2.37. The molecule has 37 heteroatoms. The molecule has 2 heterocycles. The van der Waals surface area contributed by atoms with E-state index in [0.717, 1.165) is 61.2 Å². The van der Waals surface area contributed by atoms with E-state index in [9.17, 15) is 87.5 Å². The highest BCUT2D eigenvalue weighted by Crippen LogP contribution is 2.32. The summed E-state index contributed by atoms with van der Waals surface area (Å²) >= 11 is 0. The average molecular weight is 1620 g/mol. The predicted octanol–water partition coefficient (Wildman–Crippen LogP) is -1.42. The minimum absolute atomic E-state index is 0.0226. The Kier molecular flexibility index (Phi) is 34.1. The number of aryl methyl sites for hydroxylation is 2. The van der Waals surface area contributed by atoms with Gasteiger partial charge in [-0.25, -0.2) is 13.8 Å². The quantitative estimate of drug-likeness (QED) is 0.0213. The number of aromatic amines is 1. The van der Waals surface area contributed by atoms with Crippen LogP contribution >= 0.6 is 0 Å². The Hall–Kier alpha value is -11.8. The highest BCUT2D eigenvalue weighted by Gasteiger charge is 2.49. The van der Waals surface area contributed by atoms with Gasteiger partial charge in [0.15, 0.2) is 0 Å². The molecular weight excluding hydrogens is 1510 g/mol. The number of halogens is 2. The number of carboxylic acid groups (broad SMARTS) is 1. The number of aliphatic hydroxyl groups excluding tert-OH is 3. The van der Waals surface area contributed by atoms with Gasteiger partial charge in [0.25, 0.3) is 0 Å². The van der Waals surface area contributed by atoms with Crippen LogP contribution in [0.25, 0.3) is 11.1 Å².